The lowest BCUT2D eigenvalue weighted by atomic mass is 10.1. The van der Waals surface area contributed by atoms with E-state index in [2.05, 4.69) is 20.2 Å². The van der Waals surface area contributed by atoms with Crippen molar-refractivity contribution in [3.05, 3.63) is 54.7 Å². The summed E-state index contributed by atoms with van der Waals surface area (Å²) in [6, 6.07) is 9.55. The van der Waals surface area contributed by atoms with Gasteiger partial charge in [-0.25, -0.2) is 14.4 Å². The van der Waals surface area contributed by atoms with Crippen LogP contribution in [0.1, 0.15) is 0 Å². The highest BCUT2D eigenvalue weighted by Gasteiger charge is 2.04. The maximum atomic E-state index is 12.8. The molecule has 0 spiro atoms. The van der Waals surface area contributed by atoms with Gasteiger partial charge in [-0.15, -0.1) is 0 Å². The van der Waals surface area contributed by atoms with E-state index in [1.807, 2.05) is 30.3 Å². The van der Waals surface area contributed by atoms with Gasteiger partial charge < -0.3 is 0 Å². The number of aromatic amines is 1. The van der Waals surface area contributed by atoms with Gasteiger partial charge >= 0.3 is 0 Å². The average Bonchev–Trinajstić information content (AvgIpc) is 2.94. The van der Waals surface area contributed by atoms with Crippen molar-refractivity contribution in [3.63, 3.8) is 0 Å². The number of aromatic nitrogens is 4. The molecule has 2 heterocycles. The van der Waals surface area contributed by atoms with Gasteiger partial charge in [0.05, 0.1) is 18.1 Å². The van der Waals surface area contributed by atoms with Crippen LogP contribution < -0.4 is 0 Å². The first-order valence-electron chi connectivity index (χ1n) is 5.41. The van der Waals surface area contributed by atoms with E-state index in [0.717, 1.165) is 29.2 Å². The summed E-state index contributed by atoms with van der Waals surface area (Å²) >= 11 is 0. The van der Waals surface area contributed by atoms with E-state index in [1.165, 1.54) is 0 Å². The van der Waals surface area contributed by atoms with Crippen LogP contribution in [0.4, 0.5) is 4.39 Å². The Labute approximate surface area is 103 Å². The first kappa shape index (κ1) is 10.6. The standard InChI is InChI=1S/C13H9FN4/c14-11-7-15-13(16-8-11)10-3-1-2-9(6-10)12-4-5-17-18-12/h1-8H,(H,17,18). The Morgan fingerprint density at radius 1 is 1.00 bits per heavy atom. The summed E-state index contributed by atoms with van der Waals surface area (Å²) in [6.45, 7) is 0. The molecular weight excluding hydrogens is 231 g/mol. The van der Waals surface area contributed by atoms with E-state index in [1.54, 1.807) is 6.20 Å². The molecule has 5 heteroatoms. The fraction of sp³-hybridized carbons (Fsp3) is 0. The Morgan fingerprint density at radius 3 is 2.50 bits per heavy atom. The molecule has 0 amide bonds. The molecule has 18 heavy (non-hydrogen) atoms. The zero-order chi connectivity index (χ0) is 12.4. The van der Waals surface area contributed by atoms with E-state index >= 15 is 0 Å². The number of hydrogen-bond donors (Lipinski definition) is 1. The predicted octanol–water partition coefficient (Wildman–Crippen LogP) is 2.67. The molecule has 0 atom stereocenters. The van der Waals surface area contributed by atoms with Crippen molar-refractivity contribution in [2.24, 2.45) is 0 Å². The highest BCUT2D eigenvalue weighted by Crippen LogP contribution is 2.22. The molecule has 88 valence electrons. The number of benzene rings is 1. The monoisotopic (exact) mass is 240 g/mol. The van der Waals surface area contributed by atoms with E-state index in [0.29, 0.717) is 5.82 Å². The van der Waals surface area contributed by atoms with Crippen molar-refractivity contribution in [1.82, 2.24) is 20.2 Å². The second-order valence-electron chi connectivity index (χ2n) is 3.78. The lowest BCUT2D eigenvalue weighted by molar-refractivity contribution is 0.614. The molecule has 0 aliphatic heterocycles. The molecule has 0 aliphatic rings. The van der Waals surface area contributed by atoms with Gasteiger partial charge in [0.15, 0.2) is 11.6 Å². The summed E-state index contributed by atoms with van der Waals surface area (Å²) in [5.41, 5.74) is 2.74. The van der Waals surface area contributed by atoms with Crippen molar-refractivity contribution >= 4 is 0 Å². The molecule has 1 aromatic carbocycles. The summed E-state index contributed by atoms with van der Waals surface area (Å²) in [5, 5.41) is 6.80. The second kappa shape index (κ2) is 4.37. The SMILES string of the molecule is Fc1cnc(-c2cccc(-c3ccn[nH]3)c2)nc1. The number of H-pyrrole nitrogens is 1. The zero-order valence-corrected chi connectivity index (χ0v) is 9.34. The van der Waals surface area contributed by atoms with Crippen molar-refractivity contribution < 1.29 is 4.39 Å². The molecule has 0 saturated carbocycles. The summed E-state index contributed by atoms with van der Waals surface area (Å²) < 4.78 is 12.8. The minimum absolute atomic E-state index is 0.441. The molecular formula is C13H9FN4. The molecule has 0 aliphatic carbocycles. The van der Waals surface area contributed by atoms with Crippen LogP contribution in [0.3, 0.4) is 0 Å². The molecule has 2 aromatic heterocycles. The van der Waals surface area contributed by atoms with Gasteiger partial charge in [-0.1, -0.05) is 18.2 Å². The quantitative estimate of drug-likeness (QED) is 0.749. The van der Waals surface area contributed by atoms with Crippen LogP contribution in [0.25, 0.3) is 22.6 Å². The number of nitrogens with one attached hydrogen (secondary N) is 1. The number of halogens is 1. The number of nitrogens with zero attached hydrogens (tertiary/aromatic N) is 3. The minimum atomic E-state index is -0.441. The van der Waals surface area contributed by atoms with E-state index in [9.17, 15) is 4.39 Å². The Hall–Kier alpha value is -2.56. The van der Waals surface area contributed by atoms with Crippen LogP contribution in [0, 0.1) is 5.82 Å². The van der Waals surface area contributed by atoms with Crippen molar-refractivity contribution in [2.75, 3.05) is 0 Å². The van der Waals surface area contributed by atoms with Crippen LogP contribution in [-0.2, 0) is 0 Å². The molecule has 3 rings (SSSR count). The Balaban J connectivity index is 2.03. The second-order valence-corrected chi connectivity index (χ2v) is 3.78. The van der Waals surface area contributed by atoms with E-state index in [4.69, 9.17) is 0 Å². The van der Waals surface area contributed by atoms with E-state index in [-0.39, 0.29) is 0 Å². The summed E-state index contributed by atoms with van der Waals surface area (Å²) in [5.74, 6) is 0.0567. The predicted molar refractivity (Wildman–Crippen MR) is 65.0 cm³/mol. The Morgan fingerprint density at radius 2 is 1.78 bits per heavy atom. The van der Waals surface area contributed by atoms with Gasteiger partial charge in [-0.2, -0.15) is 5.10 Å². The average molecular weight is 240 g/mol. The molecule has 0 bridgehead atoms. The first-order chi connectivity index (χ1) is 8.83. The lowest BCUT2D eigenvalue weighted by Gasteiger charge is -2.02. The van der Waals surface area contributed by atoms with Gasteiger partial charge in [-0.05, 0) is 12.1 Å². The largest absolute Gasteiger partial charge is 0.278 e. The molecule has 0 fully saturated rings. The van der Waals surface area contributed by atoms with Crippen LogP contribution in [0.5, 0.6) is 0 Å². The fourth-order valence-electron chi connectivity index (χ4n) is 1.70. The van der Waals surface area contributed by atoms with E-state index < -0.39 is 5.82 Å². The van der Waals surface area contributed by atoms with Gasteiger partial charge in [-0.3, -0.25) is 5.10 Å². The zero-order valence-electron chi connectivity index (χ0n) is 9.34. The van der Waals surface area contributed by atoms with Gasteiger partial charge in [0.1, 0.15) is 0 Å². The van der Waals surface area contributed by atoms with Gasteiger partial charge in [0.25, 0.3) is 0 Å². The third kappa shape index (κ3) is 1.98. The summed E-state index contributed by atoms with van der Waals surface area (Å²) in [7, 11) is 0. The van der Waals surface area contributed by atoms with Crippen LogP contribution in [-0.4, -0.2) is 20.2 Å². The molecule has 4 nitrogen and oxygen atoms in total. The molecule has 3 aromatic rings. The smallest absolute Gasteiger partial charge is 0.159 e. The lowest BCUT2D eigenvalue weighted by Crippen LogP contribution is -1.90. The van der Waals surface area contributed by atoms with Gasteiger partial charge in [0, 0.05) is 17.3 Å². The highest BCUT2D eigenvalue weighted by molar-refractivity contribution is 5.67. The highest BCUT2D eigenvalue weighted by atomic mass is 19.1. The minimum Gasteiger partial charge on any atom is -0.278 e. The third-order valence-corrected chi connectivity index (χ3v) is 2.55. The Bertz CT molecular complexity index is 647. The topological polar surface area (TPSA) is 54.5 Å². The van der Waals surface area contributed by atoms with Crippen LogP contribution in [0.15, 0.2) is 48.9 Å². The number of rotatable bonds is 2. The van der Waals surface area contributed by atoms with Crippen LogP contribution in [0.2, 0.25) is 0 Å². The Kier molecular flexibility index (Phi) is 2.57. The normalized spacial score (nSPS) is 10.5. The third-order valence-electron chi connectivity index (χ3n) is 2.55. The molecule has 0 saturated heterocycles. The molecule has 0 unspecified atom stereocenters. The van der Waals surface area contributed by atoms with Crippen LogP contribution >= 0.6 is 0 Å². The fourth-order valence-corrected chi connectivity index (χ4v) is 1.70. The van der Waals surface area contributed by atoms with Gasteiger partial charge in [0.2, 0.25) is 0 Å². The maximum Gasteiger partial charge on any atom is 0.159 e. The summed E-state index contributed by atoms with van der Waals surface area (Å²) in [6.07, 6.45) is 4.01. The summed E-state index contributed by atoms with van der Waals surface area (Å²) in [4.78, 5) is 7.92. The molecule has 1 N–H and O–H groups in total. The van der Waals surface area contributed by atoms with Crippen molar-refractivity contribution in [2.45, 2.75) is 0 Å². The number of hydrogen-bond acceptors (Lipinski definition) is 3. The van der Waals surface area contributed by atoms with Crippen molar-refractivity contribution in [3.8, 4) is 22.6 Å². The molecule has 0 radical (unpaired) electrons. The van der Waals surface area contributed by atoms with Crippen molar-refractivity contribution in [1.29, 1.82) is 0 Å². The first-order valence-corrected chi connectivity index (χ1v) is 5.41. The maximum absolute atomic E-state index is 12.8.